The summed E-state index contributed by atoms with van der Waals surface area (Å²) in [5.41, 5.74) is 8.40. The van der Waals surface area contributed by atoms with E-state index in [1.165, 1.54) is 24.2 Å². The SMILES string of the molecule is NCCCN1CCc2ccccc21. The zero-order valence-corrected chi connectivity index (χ0v) is 7.87. The number of rotatable bonds is 3. The number of hydrogen-bond acceptors (Lipinski definition) is 2. The second kappa shape index (κ2) is 3.79. The minimum atomic E-state index is 0.790. The lowest BCUT2D eigenvalue weighted by Crippen LogP contribution is -2.23. The minimum Gasteiger partial charge on any atom is -0.371 e. The molecule has 2 N–H and O–H groups in total. The summed E-state index contributed by atoms with van der Waals surface area (Å²) in [5, 5.41) is 0. The Labute approximate surface area is 79.4 Å². The van der Waals surface area contributed by atoms with Gasteiger partial charge in [-0.1, -0.05) is 18.2 Å². The molecule has 0 amide bonds. The molecule has 0 fully saturated rings. The molecule has 0 aromatic heterocycles. The van der Waals surface area contributed by atoms with Gasteiger partial charge in [-0.25, -0.2) is 0 Å². The number of anilines is 1. The molecule has 70 valence electrons. The van der Waals surface area contributed by atoms with Gasteiger partial charge in [0.2, 0.25) is 0 Å². The van der Waals surface area contributed by atoms with Crippen LogP contribution < -0.4 is 10.6 Å². The van der Waals surface area contributed by atoms with E-state index in [0.717, 1.165) is 19.5 Å². The molecule has 0 radical (unpaired) electrons. The fourth-order valence-electron chi connectivity index (χ4n) is 1.92. The van der Waals surface area contributed by atoms with Gasteiger partial charge in [0, 0.05) is 18.8 Å². The first-order valence-corrected chi connectivity index (χ1v) is 4.95. The number of nitrogens with zero attached hydrogens (tertiary/aromatic N) is 1. The van der Waals surface area contributed by atoms with Crippen molar-refractivity contribution in [3.63, 3.8) is 0 Å². The average Bonchev–Trinajstić information content (AvgIpc) is 2.58. The molecular weight excluding hydrogens is 160 g/mol. The molecule has 13 heavy (non-hydrogen) atoms. The average molecular weight is 176 g/mol. The first-order valence-electron chi connectivity index (χ1n) is 4.95. The Morgan fingerprint density at radius 2 is 2.15 bits per heavy atom. The molecule has 1 aliphatic rings. The fraction of sp³-hybridized carbons (Fsp3) is 0.455. The van der Waals surface area contributed by atoms with E-state index >= 15 is 0 Å². The van der Waals surface area contributed by atoms with E-state index in [9.17, 15) is 0 Å². The van der Waals surface area contributed by atoms with E-state index in [1.54, 1.807) is 0 Å². The van der Waals surface area contributed by atoms with Crippen molar-refractivity contribution in [1.82, 2.24) is 0 Å². The van der Waals surface area contributed by atoms with Gasteiger partial charge in [0.15, 0.2) is 0 Å². The van der Waals surface area contributed by atoms with Crippen LogP contribution in [-0.4, -0.2) is 19.6 Å². The summed E-state index contributed by atoms with van der Waals surface area (Å²) in [4.78, 5) is 2.43. The number of hydrogen-bond donors (Lipinski definition) is 1. The highest BCUT2D eigenvalue weighted by Crippen LogP contribution is 2.26. The van der Waals surface area contributed by atoms with Crippen molar-refractivity contribution < 1.29 is 0 Å². The maximum atomic E-state index is 5.50. The largest absolute Gasteiger partial charge is 0.371 e. The molecule has 1 aliphatic heterocycles. The van der Waals surface area contributed by atoms with E-state index in [4.69, 9.17) is 5.73 Å². The zero-order chi connectivity index (χ0) is 9.10. The van der Waals surface area contributed by atoms with Crippen LogP contribution in [0.25, 0.3) is 0 Å². The zero-order valence-electron chi connectivity index (χ0n) is 7.87. The molecule has 0 saturated carbocycles. The maximum absolute atomic E-state index is 5.50. The first-order chi connectivity index (χ1) is 6.42. The Hall–Kier alpha value is -1.02. The molecule has 0 atom stereocenters. The molecule has 0 saturated heterocycles. The molecule has 0 bridgehead atoms. The standard InChI is InChI=1S/C11H16N2/c12-7-3-8-13-9-6-10-4-1-2-5-11(10)13/h1-2,4-5H,3,6-9,12H2. The monoisotopic (exact) mass is 176 g/mol. The van der Waals surface area contributed by atoms with Crippen molar-refractivity contribution in [2.45, 2.75) is 12.8 Å². The normalized spacial score (nSPS) is 14.7. The number of benzene rings is 1. The third kappa shape index (κ3) is 1.68. The van der Waals surface area contributed by atoms with Crippen molar-refractivity contribution in [3.05, 3.63) is 29.8 Å². The summed E-state index contributed by atoms with van der Waals surface area (Å²) in [6.45, 7) is 3.06. The van der Waals surface area contributed by atoms with Crippen LogP contribution >= 0.6 is 0 Å². The topological polar surface area (TPSA) is 29.3 Å². The van der Waals surface area contributed by atoms with E-state index in [2.05, 4.69) is 29.2 Å². The maximum Gasteiger partial charge on any atom is 0.0399 e. The summed E-state index contributed by atoms with van der Waals surface area (Å²) in [5.74, 6) is 0. The number of fused-ring (bicyclic) bond motifs is 1. The molecule has 0 spiro atoms. The highest BCUT2D eigenvalue weighted by molar-refractivity contribution is 5.57. The Kier molecular flexibility index (Phi) is 2.50. The van der Waals surface area contributed by atoms with Crippen molar-refractivity contribution in [2.24, 2.45) is 5.73 Å². The first kappa shape index (κ1) is 8.57. The molecule has 0 unspecified atom stereocenters. The summed E-state index contributed by atoms with van der Waals surface area (Å²) in [6, 6.07) is 8.65. The van der Waals surface area contributed by atoms with Crippen LogP contribution in [0.4, 0.5) is 5.69 Å². The molecule has 2 heteroatoms. The molecule has 1 heterocycles. The third-order valence-corrected chi connectivity index (χ3v) is 2.62. The minimum absolute atomic E-state index is 0.790. The van der Waals surface area contributed by atoms with Crippen LogP contribution in [0.1, 0.15) is 12.0 Å². The Bertz CT molecular complexity index is 283. The Balaban J connectivity index is 2.09. The van der Waals surface area contributed by atoms with Gasteiger partial charge in [-0.3, -0.25) is 0 Å². The predicted molar refractivity (Wildman–Crippen MR) is 56.0 cm³/mol. The van der Waals surface area contributed by atoms with Gasteiger partial charge in [-0.2, -0.15) is 0 Å². The van der Waals surface area contributed by atoms with Crippen molar-refractivity contribution in [2.75, 3.05) is 24.5 Å². The van der Waals surface area contributed by atoms with Crippen molar-refractivity contribution in [1.29, 1.82) is 0 Å². The van der Waals surface area contributed by atoms with Crippen molar-refractivity contribution >= 4 is 5.69 Å². The van der Waals surface area contributed by atoms with Crippen LogP contribution in [-0.2, 0) is 6.42 Å². The van der Waals surface area contributed by atoms with Crippen LogP contribution in [0.3, 0.4) is 0 Å². The van der Waals surface area contributed by atoms with Gasteiger partial charge in [0.25, 0.3) is 0 Å². The van der Waals surface area contributed by atoms with Crippen LogP contribution in [0.15, 0.2) is 24.3 Å². The Morgan fingerprint density at radius 3 is 3.00 bits per heavy atom. The van der Waals surface area contributed by atoms with Gasteiger partial charge >= 0.3 is 0 Å². The van der Waals surface area contributed by atoms with Gasteiger partial charge in [0.1, 0.15) is 0 Å². The molecule has 2 rings (SSSR count). The van der Waals surface area contributed by atoms with E-state index in [0.29, 0.717) is 0 Å². The lowest BCUT2D eigenvalue weighted by molar-refractivity contribution is 0.759. The summed E-state index contributed by atoms with van der Waals surface area (Å²) in [6.07, 6.45) is 2.29. The molecule has 1 aromatic rings. The van der Waals surface area contributed by atoms with E-state index < -0.39 is 0 Å². The quantitative estimate of drug-likeness (QED) is 0.754. The highest BCUT2D eigenvalue weighted by atomic mass is 15.1. The van der Waals surface area contributed by atoms with Crippen LogP contribution in [0.5, 0.6) is 0 Å². The van der Waals surface area contributed by atoms with Crippen molar-refractivity contribution in [3.8, 4) is 0 Å². The Morgan fingerprint density at radius 1 is 1.31 bits per heavy atom. The fourth-order valence-corrected chi connectivity index (χ4v) is 1.92. The molecular formula is C11H16N2. The number of para-hydroxylation sites is 1. The molecule has 2 nitrogen and oxygen atoms in total. The summed E-state index contributed by atoms with van der Waals surface area (Å²) in [7, 11) is 0. The van der Waals surface area contributed by atoms with Crippen LogP contribution in [0, 0.1) is 0 Å². The number of nitrogens with two attached hydrogens (primary N) is 1. The molecule has 1 aromatic carbocycles. The summed E-state index contributed by atoms with van der Waals surface area (Å²) >= 11 is 0. The predicted octanol–water partition coefficient (Wildman–Crippen LogP) is 1.40. The lowest BCUT2D eigenvalue weighted by atomic mass is 10.2. The van der Waals surface area contributed by atoms with Gasteiger partial charge < -0.3 is 10.6 Å². The smallest absolute Gasteiger partial charge is 0.0399 e. The van der Waals surface area contributed by atoms with E-state index in [1.807, 2.05) is 0 Å². The van der Waals surface area contributed by atoms with Crippen LogP contribution in [0.2, 0.25) is 0 Å². The second-order valence-electron chi connectivity index (χ2n) is 3.51. The summed E-state index contributed by atoms with van der Waals surface area (Å²) < 4.78 is 0. The van der Waals surface area contributed by atoms with E-state index in [-0.39, 0.29) is 0 Å². The van der Waals surface area contributed by atoms with Gasteiger partial charge in [-0.05, 0) is 31.0 Å². The second-order valence-corrected chi connectivity index (χ2v) is 3.51. The third-order valence-electron chi connectivity index (χ3n) is 2.62. The van der Waals surface area contributed by atoms with Gasteiger partial charge in [0.05, 0.1) is 0 Å². The highest BCUT2D eigenvalue weighted by Gasteiger charge is 2.16. The van der Waals surface area contributed by atoms with Gasteiger partial charge in [-0.15, -0.1) is 0 Å². The lowest BCUT2D eigenvalue weighted by Gasteiger charge is -2.18. The molecule has 0 aliphatic carbocycles.